The average Bonchev–Trinajstić information content (AvgIpc) is 2.38. The number of halogens is 2. The fourth-order valence-electron chi connectivity index (χ4n) is 1.52. The quantitative estimate of drug-likeness (QED) is 0.921. The molecule has 0 amide bonds. The molecule has 0 fully saturated rings. The summed E-state index contributed by atoms with van der Waals surface area (Å²) in [6, 6.07) is 9.89. The second kappa shape index (κ2) is 5.72. The molecule has 2 rings (SSSR count). The van der Waals surface area contributed by atoms with E-state index in [4.69, 9.17) is 15.1 Å². The number of hydrogen-bond acceptors (Lipinski definition) is 3. The highest BCUT2D eigenvalue weighted by Crippen LogP contribution is 2.28. The standard InChI is InChI=1S/C14H7BrFNO3/c15-12-5-9(3-4-11(12)14(18)19)20-10-2-1-8(7-17)13(16)6-10/h1-6H,(H,18,19). The van der Waals surface area contributed by atoms with Crippen LogP contribution in [0.25, 0.3) is 0 Å². The Morgan fingerprint density at radius 1 is 1.25 bits per heavy atom. The van der Waals surface area contributed by atoms with Crippen molar-refractivity contribution in [1.29, 1.82) is 5.26 Å². The summed E-state index contributed by atoms with van der Waals surface area (Å²) in [4.78, 5) is 10.9. The van der Waals surface area contributed by atoms with E-state index in [2.05, 4.69) is 15.9 Å². The number of nitriles is 1. The SMILES string of the molecule is N#Cc1ccc(Oc2ccc(C(=O)O)c(Br)c2)cc1F. The highest BCUT2D eigenvalue weighted by Gasteiger charge is 2.10. The van der Waals surface area contributed by atoms with Crippen LogP contribution < -0.4 is 4.74 Å². The Bertz CT molecular complexity index is 725. The van der Waals surface area contributed by atoms with Gasteiger partial charge in [0.25, 0.3) is 0 Å². The molecule has 2 aromatic carbocycles. The minimum atomic E-state index is -1.06. The van der Waals surface area contributed by atoms with Crippen molar-refractivity contribution in [3.8, 4) is 17.6 Å². The molecule has 0 aliphatic rings. The third kappa shape index (κ3) is 2.95. The maximum Gasteiger partial charge on any atom is 0.336 e. The molecule has 0 aromatic heterocycles. The van der Waals surface area contributed by atoms with E-state index in [1.807, 2.05) is 0 Å². The van der Waals surface area contributed by atoms with Gasteiger partial charge in [0.1, 0.15) is 23.4 Å². The largest absolute Gasteiger partial charge is 0.478 e. The summed E-state index contributed by atoms with van der Waals surface area (Å²) in [5.41, 5.74) is 0.0307. The zero-order chi connectivity index (χ0) is 14.7. The molecule has 0 atom stereocenters. The lowest BCUT2D eigenvalue weighted by molar-refractivity contribution is 0.0696. The van der Waals surface area contributed by atoms with Crippen LogP contribution in [-0.4, -0.2) is 11.1 Å². The number of ether oxygens (including phenoxy) is 1. The van der Waals surface area contributed by atoms with Crippen molar-refractivity contribution in [3.63, 3.8) is 0 Å². The highest BCUT2D eigenvalue weighted by atomic mass is 79.9. The summed E-state index contributed by atoms with van der Waals surface area (Å²) in [7, 11) is 0. The molecule has 4 nitrogen and oxygen atoms in total. The molecule has 0 aliphatic carbocycles. The molecule has 6 heteroatoms. The molecule has 0 saturated carbocycles. The molecular formula is C14H7BrFNO3. The van der Waals surface area contributed by atoms with Crippen LogP contribution in [0.1, 0.15) is 15.9 Å². The molecule has 20 heavy (non-hydrogen) atoms. The Morgan fingerprint density at radius 3 is 2.45 bits per heavy atom. The van der Waals surface area contributed by atoms with Gasteiger partial charge in [0.05, 0.1) is 11.1 Å². The monoisotopic (exact) mass is 335 g/mol. The number of benzene rings is 2. The Kier molecular flexibility index (Phi) is 4.01. The number of hydrogen-bond donors (Lipinski definition) is 1. The van der Waals surface area contributed by atoms with E-state index in [0.29, 0.717) is 10.2 Å². The molecule has 0 spiro atoms. The van der Waals surface area contributed by atoms with Crippen LogP contribution in [0.2, 0.25) is 0 Å². The van der Waals surface area contributed by atoms with Gasteiger partial charge in [-0.3, -0.25) is 0 Å². The van der Waals surface area contributed by atoms with E-state index < -0.39 is 11.8 Å². The van der Waals surface area contributed by atoms with Crippen molar-refractivity contribution >= 4 is 21.9 Å². The number of carboxylic acids is 1. The van der Waals surface area contributed by atoms with Crippen molar-refractivity contribution in [3.05, 3.63) is 57.8 Å². The summed E-state index contributed by atoms with van der Waals surface area (Å²) >= 11 is 3.12. The van der Waals surface area contributed by atoms with Gasteiger partial charge in [0.2, 0.25) is 0 Å². The van der Waals surface area contributed by atoms with Crippen LogP contribution in [0.5, 0.6) is 11.5 Å². The van der Waals surface area contributed by atoms with Gasteiger partial charge in [-0.05, 0) is 46.3 Å². The first-order valence-electron chi connectivity index (χ1n) is 5.41. The first-order chi connectivity index (χ1) is 9.51. The minimum absolute atomic E-state index is 0.0697. The van der Waals surface area contributed by atoms with E-state index in [0.717, 1.165) is 6.07 Å². The summed E-state index contributed by atoms with van der Waals surface area (Å²) in [5.74, 6) is -1.17. The molecule has 100 valence electrons. The Labute approximate surface area is 122 Å². The number of aromatic carboxylic acids is 1. The second-order valence-corrected chi connectivity index (χ2v) is 4.66. The average molecular weight is 336 g/mol. The van der Waals surface area contributed by atoms with Gasteiger partial charge in [0.15, 0.2) is 0 Å². The zero-order valence-corrected chi connectivity index (χ0v) is 11.5. The Hall–Kier alpha value is -2.39. The van der Waals surface area contributed by atoms with Crippen LogP contribution in [0.4, 0.5) is 4.39 Å². The lowest BCUT2D eigenvalue weighted by atomic mass is 10.2. The maximum absolute atomic E-state index is 13.4. The minimum Gasteiger partial charge on any atom is -0.478 e. The molecule has 0 radical (unpaired) electrons. The van der Waals surface area contributed by atoms with Crippen LogP contribution in [-0.2, 0) is 0 Å². The third-order valence-electron chi connectivity index (χ3n) is 2.47. The molecule has 0 aliphatic heterocycles. The van der Waals surface area contributed by atoms with Crippen LogP contribution in [0.3, 0.4) is 0 Å². The van der Waals surface area contributed by atoms with E-state index >= 15 is 0 Å². The molecule has 1 N–H and O–H groups in total. The predicted octanol–water partition coefficient (Wildman–Crippen LogP) is 3.95. The predicted molar refractivity (Wildman–Crippen MR) is 72.3 cm³/mol. The topological polar surface area (TPSA) is 70.3 Å². The fourth-order valence-corrected chi connectivity index (χ4v) is 2.05. The summed E-state index contributed by atoms with van der Waals surface area (Å²) in [6.07, 6.45) is 0. The smallest absolute Gasteiger partial charge is 0.336 e. The van der Waals surface area contributed by atoms with Gasteiger partial charge < -0.3 is 9.84 Å². The zero-order valence-electron chi connectivity index (χ0n) is 9.93. The number of carboxylic acid groups (broad SMARTS) is 1. The number of rotatable bonds is 3. The highest BCUT2D eigenvalue weighted by molar-refractivity contribution is 9.10. The lowest BCUT2D eigenvalue weighted by Gasteiger charge is -2.07. The maximum atomic E-state index is 13.4. The lowest BCUT2D eigenvalue weighted by Crippen LogP contribution is -1.97. The van der Waals surface area contributed by atoms with E-state index in [-0.39, 0.29) is 16.9 Å². The Morgan fingerprint density at radius 2 is 1.90 bits per heavy atom. The van der Waals surface area contributed by atoms with E-state index in [1.165, 1.54) is 30.3 Å². The normalized spacial score (nSPS) is 9.85. The molecule has 0 heterocycles. The summed E-state index contributed by atoms with van der Waals surface area (Å²) in [5, 5.41) is 17.5. The van der Waals surface area contributed by atoms with Gasteiger partial charge in [-0.15, -0.1) is 0 Å². The Balaban J connectivity index is 2.27. The fraction of sp³-hybridized carbons (Fsp3) is 0. The molecule has 2 aromatic rings. The van der Waals surface area contributed by atoms with Crippen molar-refractivity contribution in [2.75, 3.05) is 0 Å². The van der Waals surface area contributed by atoms with Crippen LogP contribution >= 0.6 is 15.9 Å². The van der Waals surface area contributed by atoms with Gasteiger partial charge >= 0.3 is 5.97 Å². The van der Waals surface area contributed by atoms with E-state index in [1.54, 1.807) is 6.07 Å². The summed E-state index contributed by atoms with van der Waals surface area (Å²) in [6.45, 7) is 0. The van der Waals surface area contributed by atoms with Crippen LogP contribution in [0.15, 0.2) is 40.9 Å². The van der Waals surface area contributed by atoms with Gasteiger partial charge in [-0.1, -0.05) is 0 Å². The molecule has 0 bridgehead atoms. The number of carbonyl (C=O) groups is 1. The third-order valence-corrected chi connectivity index (χ3v) is 3.12. The van der Waals surface area contributed by atoms with Crippen molar-refractivity contribution in [2.45, 2.75) is 0 Å². The molecule has 0 saturated heterocycles. The first kappa shape index (κ1) is 14.0. The second-order valence-electron chi connectivity index (χ2n) is 3.80. The van der Waals surface area contributed by atoms with Gasteiger partial charge in [0, 0.05) is 10.5 Å². The van der Waals surface area contributed by atoms with Gasteiger partial charge in [-0.2, -0.15) is 5.26 Å². The van der Waals surface area contributed by atoms with Crippen molar-refractivity contribution in [1.82, 2.24) is 0 Å². The van der Waals surface area contributed by atoms with E-state index in [9.17, 15) is 9.18 Å². The molecule has 0 unspecified atom stereocenters. The van der Waals surface area contributed by atoms with Gasteiger partial charge in [-0.25, -0.2) is 9.18 Å². The number of nitrogens with zero attached hydrogens (tertiary/aromatic N) is 1. The molecular weight excluding hydrogens is 329 g/mol. The summed E-state index contributed by atoms with van der Waals surface area (Å²) < 4.78 is 19.2. The first-order valence-corrected chi connectivity index (χ1v) is 6.21. The van der Waals surface area contributed by atoms with Crippen molar-refractivity contribution in [2.24, 2.45) is 0 Å². The van der Waals surface area contributed by atoms with Crippen molar-refractivity contribution < 1.29 is 19.0 Å². The van der Waals surface area contributed by atoms with Crippen LogP contribution in [0, 0.1) is 17.1 Å².